The number of hydrogen-bond donors (Lipinski definition) is 0. The predicted molar refractivity (Wildman–Crippen MR) is 85.9 cm³/mol. The topological polar surface area (TPSA) is 24.9 Å². The maximum Gasteiger partial charge on any atom is 0.0717 e. The molecule has 20 heavy (non-hydrogen) atoms. The summed E-state index contributed by atoms with van der Waals surface area (Å²) in [5, 5.41) is 0. The molecule has 0 amide bonds. The minimum absolute atomic E-state index is 0.205. The van der Waals surface area contributed by atoms with Crippen molar-refractivity contribution in [2.45, 2.75) is 26.1 Å². The van der Waals surface area contributed by atoms with Crippen LogP contribution in [0.3, 0.4) is 0 Å². The van der Waals surface area contributed by atoms with E-state index in [1.54, 1.807) is 14.2 Å². The summed E-state index contributed by atoms with van der Waals surface area (Å²) in [5.74, 6) is 0. The van der Waals surface area contributed by atoms with Crippen LogP contribution >= 0.6 is 0 Å². The molecule has 0 bridgehead atoms. The fourth-order valence-electron chi connectivity index (χ4n) is 2.23. The molecule has 4 nitrogen and oxygen atoms in total. The highest BCUT2D eigenvalue weighted by Gasteiger charge is 2.14. The summed E-state index contributed by atoms with van der Waals surface area (Å²) in [4.78, 5) is 4.47. The highest BCUT2D eigenvalue weighted by molar-refractivity contribution is 5.70. The molecule has 1 aromatic carbocycles. The number of methoxy groups -OCH3 is 2. The minimum atomic E-state index is 0.205. The third kappa shape index (κ3) is 4.69. The Morgan fingerprint density at radius 3 is 1.50 bits per heavy atom. The zero-order chi connectivity index (χ0) is 15.1. The molecule has 2 atom stereocenters. The van der Waals surface area contributed by atoms with Gasteiger partial charge in [-0.15, -0.1) is 0 Å². The highest BCUT2D eigenvalue weighted by atomic mass is 16.5. The van der Waals surface area contributed by atoms with Crippen LogP contribution in [0.1, 0.15) is 13.8 Å². The van der Waals surface area contributed by atoms with E-state index in [1.165, 1.54) is 11.4 Å². The van der Waals surface area contributed by atoms with Crippen LogP contribution in [0.25, 0.3) is 0 Å². The van der Waals surface area contributed by atoms with Crippen molar-refractivity contribution >= 4 is 11.4 Å². The Balaban J connectivity index is 2.86. The lowest BCUT2D eigenvalue weighted by Crippen LogP contribution is -2.32. The number of anilines is 2. The normalized spacial score (nSPS) is 13.9. The summed E-state index contributed by atoms with van der Waals surface area (Å²) in [6, 6.07) is 8.43. The molecule has 0 spiro atoms. The third-order valence-corrected chi connectivity index (χ3v) is 3.57. The van der Waals surface area contributed by atoms with Crippen LogP contribution in [-0.4, -0.2) is 53.6 Å². The van der Waals surface area contributed by atoms with Crippen molar-refractivity contribution in [3.05, 3.63) is 24.3 Å². The highest BCUT2D eigenvalue weighted by Crippen LogP contribution is 2.28. The molecule has 0 saturated heterocycles. The quantitative estimate of drug-likeness (QED) is 0.731. The third-order valence-electron chi connectivity index (χ3n) is 3.57. The van der Waals surface area contributed by atoms with Crippen molar-refractivity contribution in [3.8, 4) is 0 Å². The molecule has 0 heterocycles. The Morgan fingerprint density at radius 2 is 1.20 bits per heavy atom. The zero-order valence-corrected chi connectivity index (χ0v) is 13.6. The van der Waals surface area contributed by atoms with Gasteiger partial charge in [-0.3, -0.25) is 0 Å². The van der Waals surface area contributed by atoms with Gasteiger partial charge >= 0.3 is 0 Å². The molecule has 0 aromatic heterocycles. The van der Waals surface area contributed by atoms with Crippen molar-refractivity contribution in [2.24, 2.45) is 0 Å². The predicted octanol–water partition coefficient (Wildman–Crippen LogP) is 2.63. The van der Waals surface area contributed by atoms with Gasteiger partial charge in [0, 0.05) is 41.4 Å². The minimum Gasteiger partial charge on any atom is -0.380 e. The molecule has 0 fully saturated rings. The van der Waals surface area contributed by atoms with E-state index in [0.29, 0.717) is 0 Å². The molecule has 0 aliphatic rings. The summed E-state index contributed by atoms with van der Waals surface area (Å²) >= 11 is 0. The first-order valence-corrected chi connectivity index (χ1v) is 7.06. The van der Waals surface area contributed by atoms with Crippen LogP contribution in [0.5, 0.6) is 0 Å². The molecule has 0 saturated carbocycles. The van der Waals surface area contributed by atoms with Gasteiger partial charge < -0.3 is 19.3 Å². The van der Waals surface area contributed by atoms with Gasteiger partial charge in [-0.05, 0) is 26.0 Å². The summed E-state index contributed by atoms with van der Waals surface area (Å²) in [5.41, 5.74) is 2.42. The van der Waals surface area contributed by atoms with Crippen LogP contribution in [0, 0.1) is 0 Å². The number of para-hydroxylation sites is 2. The molecule has 0 aliphatic carbocycles. The number of rotatable bonds is 8. The van der Waals surface area contributed by atoms with Crippen molar-refractivity contribution in [3.63, 3.8) is 0 Å². The fourth-order valence-corrected chi connectivity index (χ4v) is 2.23. The van der Waals surface area contributed by atoms with Gasteiger partial charge in [-0.25, -0.2) is 0 Å². The summed E-state index contributed by atoms with van der Waals surface area (Å²) in [7, 11) is 7.69. The van der Waals surface area contributed by atoms with Gasteiger partial charge in [0.25, 0.3) is 0 Å². The van der Waals surface area contributed by atoms with Gasteiger partial charge in [-0.2, -0.15) is 0 Å². The van der Waals surface area contributed by atoms with Crippen LogP contribution in [-0.2, 0) is 9.47 Å². The summed E-state index contributed by atoms with van der Waals surface area (Å²) < 4.78 is 10.7. The molecule has 2 unspecified atom stereocenters. The molecule has 1 rings (SSSR count). The number of ether oxygens (including phenoxy) is 2. The number of likely N-dealkylation sites (N-methyl/N-ethyl adjacent to an activating group) is 2. The number of nitrogens with zero attached hydrogens (tertiary/aromatic N) is 2. The average molecular weight is 280 g/mol. The number of benzene rings is 1. The Morgan fingerprint density at radius 1 is 0.850 bits per heavy atom. The SMILES string of the molecule is COC(C)CN(C)c1ccccc1N(C)CC(C)OC. The van der Waals surface area contributed by atoms with Crippen LogP contribution in [0.4, 0.5) is 11.4 Å². The van der Waals surface area contributed by atoms with E-state index in [2.05, 4.69) is 62.0 Å². The molecular weight excluding hydrogens is 252 g/mol. The smallest absolute Gasteiger partial charge is 0.0717 e. The van der Waals surface area contributed by atoms with E-state index >= 15 is 0 Å². The Kier molecular flexibility index (Phi) is 6.82. The lowest BCUT2D eigenvalue weighted by Gasteiger charge is -2.30. The van der Waals surface area contributed by atoms with Crippen molar-refractivity contribution in [1.82, 2.24) is 0 Å². The maximum absolute atomic E-state index is 5.35. The van der Waals surface area contributed by atoms with E-state index in [0.717, 1.165) is 13.1 Å². The van der Waals surface area contributed by atoms with E-state index in [9.17, 15) is 0 Å². The van der Waals surface area contributed by atoms with E-state index < -0.39 is 0 Å². The van der Waals surface area contributed by atoms with Crippen LogP contribution in [0.15, 0.2) is 24.3 Å². The maximum atomic E-state index is 5.35. The lowest BCUT2D eigenvalue weighted by atomic mass is 10.2. The number of hydrogen-bond acceptors (Lipinski definition) is 4. The van der Waals surface area contributed by atoms with Gasteiger partial charge in [0.05, 0.1) is 23.6 Å². The Bertz CT molecular complexity index is 361. The lowest BCUT2D eigenvalue weighted by molar-refractivity contribution is 0.123. The van der Waals surface area contributed by atoms with E-state index in [1.807, 2.05) is 0 Å². The first kappa shape index (κ1) is 16.8. The Hall–Kier alpha value is -1.26. The second-order valence-corrected chi connectivity index (χ2v) is 5.34. The summed E-state index contributed by atoms with van der Waals surface area (Å²) in [6.07, 6.45) is 0.410. The molecule has 0 N–H and O–H groups in total. The standard InChI is InChI=1S/C16H28N2O2/c1-13(19-5)11-17(3)15-9-7-8-10-16(15)18(4)12-14(2)20-6/h7-10,13-14H,11-12H2,1-6H3. The van der Waals surface area contributed by atoms with Gasteiger partial charge in [0.1, 0.15) is 0 Å². The largest absolute Gasteiger partial charge is 0.380 e. The second kappa shape index (κ2) is 8.12. The Labute approximate surface area is 123 Å². The first-order valence-electron chi connectivity index (χ1n) is 7.06. The fraction of sp³-hybridized carbons (Fsp3) is 0.625. The summed E-state index contributed by atoms with van der Waals surface area (Å²) in [6.45, 7) is 5.88. The van der Waals surface area contributed by atoms with Crippen molar-refractivity contribution in [2.75, 3.05) is 51.2 Å². The van der Waals surface area contributed by atoms with Crippen molar-refractivity contribution < 1.29 is 9.47 Å². The molecule has 114 valence electrons. The first-order chi connectivity index (χ1) is 9.49. The van der Waals surface area contributed by atoms with Gasteiger partial charge in [-0.1, -0.05) is 12.1 Å². The van der Waals surface area contributed by atoms with E-state index in [4.69, 9.17) is 9.47 Å². The molecule has 4 heteroatoms. The van der Waals surface area contributed by atoms with Crippen LogP contribution in [0.2, 0.25) is 0 Å². The molecule has 0 aliphatic heterocycles. The van der Waals surface area contributed by atoms with E-state index in [-0.39, 0.29) is 12.2 Å². The monoisotopic (exact) mass is 280 g/mol. The molecule has 1 aromatic rings. The second-order valence-electron chi connectivity index (χ2n) is 5.34. The van der Waals surface area contributed by atoms with Crippen LogP contribution < -0.4 is 9.80 Å². The average Bonchev–Trinajstić information content (AvgIpc) is 2.46. The zero-order valence-electron chi connectivity index (χ0n) is 13.6. The van der Waals surface area contributed by atoms with Gasteiger partial charge in [0.2, 0.25) is 0 Å². The molecule has 0 radical (unpaired) electrons. The molecular formula is C16H28N2O2. The van der Waals surface area contributed by atoms with Gasteiger partial charge in [0.15, 0.2) is 0 Å². The van der Waals surface area contributed by atoms with Crippen molar-refractivity contribution in [1.29, 1.82) is 0 Å².